The fourth-order valence-corrected chi connectivity index (χ4v) is 2.15. The van der Waals surface area contributed by atoms with Crippen molar-refractivity contribution >= 4 is 23.5 Å². The summed E-state index contributed by atoms with van der Waals surface area (Å²) in [4.78, 5) is 24.8. The van der Waals surface area contributed by atoms with E-state index in [0.717, 1.165) is 18.9 Å². The Morgan fingerprint density at radius 1 is 1.50 bits per heavy atom. The average Bonchev–Trinajstić information content (AvgIpc) is 3.22. The van der Waals surface area contributed by atoms with Gasteiger partial charge in [0.05, 0.1) is 11.5 Å². The second kappa shape index (κ2) is 5.79. The van der Waals surface area contributed by atoms with Crippen LogP contribution in [0.25, 0.3) is 0 Å². The maximum atomic E-state index is 13.7. The zero-order valence-electron chi connectivity index (χ0n) is 11.0. The van der Waals surface area contributed by atoms with Crippen molar-refractivity contribution in [3.05, 3.63) is 34.6 Å². The van der Waals surface area contributed by atoms with Gasteiger partial charge in [0.2, 0.25) is 0 Å². The molecule has 6 heteroatoms. The Balaban J connectivity index is 2.23. The molecule has 1 aliphatic carbocycles. The minimum Gasteiger partial charge on any atom is -0.481 e. The summed E-state index contributed by atoms with van der Waals surface area (Å²) in [6.07, 6.45) is 1.64. The van der Waals surface area contributed by atoms with E-state index < -0.39 is 23.6 Å². The molecule has 0 aliphatic heterocycles. The molecule has 1 aliphatic rings. The number of rotatable bonds is 5. The molecule has 1 fully saturated rings. The summed E-state index contributed by atoms with van der Waals surface area (Å²) in [5.41, 5.74) is -0.109. The molecular weight excluding hydrogens is 285 g/mol. The van der Waals surface area contributed by atoms with Crippen molar-refractivity contribution in [2.45, 2.75) is 25.8 Å². The predicted molar refractivity (Wildman–Crippen MR) is 72.3 cm³/mol. The van der Waals surface area contributed by atoms with Gasteiger partial charge in [0.1, 0.15) is 5.82 Å². The second-order valence-corrected chi connectivity index (χ2v) is 5.49. The number of nitrogens with zero attached hydrogens (tertiary/aromatic N) is 1. The van der Waals surface area contributed by atoms with E-state index >= 15 is 0 Å². The molecule has 1 atom stereocenters. The molecule has 1 saturated carbocycles. The first kappa shape index (κ1) is 14.8. The SMILES string of the molecule is C[C@H](CN(C(=O)c1cc(Cl)ccc1F)C1CC1)C(=O)O. The third-order valence-corrected chi connectivity index (χ3v) is 3.53. The number of benzene rings is 1. The fourth-order valence-electron chi connectivity index (χ4n) is 1.97. The number of halogens is 2. The molecule has 1 amide bonds. The Morgan fingerprint density at radius 3 is 2.70 bits per heavy atom. The van der Waals surface area contributed by atoms with E-state index in [4.69, 9.17) is 16.7 Å². The normalized spacial score (nSPS) is 15.8. The Morgan fingerprint density at radius 2 is 2.15 bits per heavy atom. The summed E-state index contributed by atoms with van der Waals surface area (Å²) in [5, 5.41) is 9.23. The van der Waals surface area contributed by atoms with Crippen molar-refractivity contribution in [3.8, 4) is 0 Å². The molecule has 0 heterocycles. The van der Waals surface area contributed by atoms with Gasteiger partial charge in [-0.1, -0.05) is 18.5 Å². The molecule has 1 aromatic carbocycles. The highest BCUT2D eigenvalue weighted by molar-refractivity contribution is 6.31. The number of carbonyl (C=O) groups is 2. The highest BCUT2D eigenvalue weighted by Gasteiger charge is 2.35. The first-order chi connectivity index (χ1) is 9.40. The molecule has 0 radical (unpaired) electrons. The Hall–Kier alpha value is -1.62. The van der Waals surface area contributed by atoms with Gasteiger partial charge in [0, 0.05) is 17.6 Å². The smallest absolute Gasteiger partial charge is 0.308 e. The van der Waals surface area contributed by atoms with Crippen LogP contribution < -0.4 is 0 Å². The van der Waals surface area contributed by atoms with Crippen molar-refractivity contribution in [2.75, 3.05) is 6.54 Å². The molecule has 0 aromatic heterocycles. The second-order valence-electron chi connectivity index (χ2n) is 5.05. The van der Waals surface area contributed by atoms with Gasteiger partial charge in [-0.3, -0.25) is 9.59 Å². The lowest BCUT2D eigenvalue weighted by atomic mass is 10.1. The average molecular weight is 300 g/mol. The Bertz CT molecular complexity index is 545. The molecule has 0 spiro atoms. The van der Waals surface area contributed by atoms with E-state index in [2.05, 4.69) is 0 Å². The van der Waals surface area contributed by atoms with Crippen LogP contribution >= 0.6 is 11.6 Å². The van der Waals surface area contributed by atoms with Crippen molar-refractivity contribution in [3.63, 3.8) is 0 Å². The van der Waals surface area contributed by atoms with Gasteiger partial charge in [0.25, 0.3) is 5.91 Å². The minimum atomic E-state index is -0.977. The molecule has 4 nitrogen and oxygen atoms in total. The van der Waals surface area contributed by atoms with E-state index in [1.54, 1.807) is 0 Å². The largest absolute Gasteiger partial charge is 0.481 e. The van der Waals surface area contributed by atoms with Gasteiger partial charge in [-0.05, 0) is 31.0 Å². The summed E-state index contributed by atoms with van der Waals surface area (Å²) >= 11 is 5.79. The molecule has 0 unspecified atom stereocenters. The lowest BCUT2D eigenvalue weighted by molar-refractivity contribution is -0.141. The van der Waals surface area contributed by atoms with Gasteiger partial charge < -0.3 is 10.0 Å². The van der Waals surface area contributed by atoms with E-state index in [-0.39, 0.29) is 23.2 Å². The van der Waals surface area contributed by atoms with E-state index in [1.807, 2.05) is 0 Å². The third-order valence-electron chi connectivity index (χ3n) is 3.30. The Kier molecular flexibility index (Phi) is 4.28. The molecule has 20 heavy (non-hydrogen) atoms. The highest BCUT2D eigenvalue weighted by Crippen LogP contribution is 2.30. The summed E-state index contributed by atoms with van der Waals surface area (Å²) < 4.78 is 13.7. The minimum absolute atomic E-state index is 0.00248. The zero-order valence-corrected chi connectivity index (χ0v) is 11.7. The molecular formula is C14H15ClFNO3. The molecule has 0 bridgehead atoms. The number of amides is 1. The lowest BCUT2D eigenvalue weighted by Crippen LogP contribution is -2.39. The van der Waals surface area contributed by atoms with E-state index in [0.29, 0.717) is 0 Å². The van der Waals surface area contributed by atoms with Crippen molar-refractivity contribution < 1.29 is 19.1 Å². The Labute approximate surface area is 121 Å². The maximum Gasteiger partial charge on any atom is 0.308 e. The summed E-state index contributed by atoms with van der Waals surface area (Å²) in [6.45, 7) is 1.60. The first-order valence-electron chi connectivity index (χ1n) is 6.39. The number of aliphatic carboxylic acids is 1. The molecule has 1 N–H and O–H groups in total. The predicted octanol–water partition coefficient (Wildman–Crippen LogP) is 2.80. The monoisotopic (exact) mass is 299 g/mol. The topological polar surface area (TPSA) is 57.6 Å². The zero-order chi connectivity index (χ0) is 14.9. The fraction of sp³-hybridized carbons (Fsp3) is 0.429. The van der Waals surface area contributed by atoms with Gasteiger partial charge >= 0.3 is 5.97 Å². The summed E-state index contributed by atoms with van der Waals surface area (Å²) in [5.74, 6) is -2.81. The van der Waals surface area contributed by atoms with E-state index in [1.165, 1.54) is 24.0 Å². The van der Waals surface area contributed by atoms with Gasteiger partial charge in [-0.25, -0.2) is 4.39 Å². The van der Waals surface area contributed by atoms with Gasteiger partial charge in [-0.15, -0.1) is 0 Å². The standard InChI is InChI=1S/C14H15ClFNO3/c1-8(14(19)20)7-17(10-3-4-10)13(18)11-6-9(15)2-5-12(11)16/h2,5-6,8,10H,3-4,7H2,1H3,(H,19,20)/t8-/m1/s1. The number of hydrogen-bond acceptors (Lipinski definition) is 2. The maximum absolute atomic E-state index is 13.7. The van der Waals surface area contributed by atoms with Crippen LogP contribution in [0.3, 0.4) is 0 Å². The number of carboxylic acids is 1. The van der Waals surface area contributed by atoms with Crippen LogP contribution in [0.4, 0.5) is 4.39 Å². The van der Waals surface area contributed by atoms with Gasteiger partial charge in [0.15, 0.2) is 0 Å². The molecule has 0 saturated heterocycles. The quantitative estimate of drug-likeness (QED) is 0.909. The van der Waals surface area contributed by atoms with Crippen LogP contribution in [0.2, 0.25) is 5.02 Å². The van der Waals surface area contributed by atoms with Crippen LogP contribution in [0.15, 0.2) is 18.2 Å². The lowest BCUT2D eigenvalue weighted by Gasteiger charge is -2.24. The van der Waals surface area contributed by atoms with Crippen LogP contribution in [0.5, 0.6) is 0 Å². The van der Waals surface area contributed by atoms with Gasteiger partial charge in [-0.2, -0.15) is 0 Å². The van der Waals surface area contributed by atoms with Crippen molar-refractivity contribution in [1.29, 1.82) is 0 Å². The number of carbonyl (C=O) groups excluding carboxylic acids is 1. The molecule has 108 valence electrons. The summed E-state index contributed by atoms with van der Waals surface area (Å²) in [6, 6.07) is 3.79. The van der Waals surface area contributed by atoms with Crippen LogP contribution in [-0.4, -0.2) is 34.5 Å². The highest BCUT2D eigenvalue weighted by atomic mass is 35.5. The van der Waals surface area contributed by atoms with Crippen molar-refractivity contribution in [2.24, 2.45) is 5.92 Å². The molecule has 1 aromatic rings. The third kappa shape index (κ3) is 3.28. The van der Waals surface area contributed by atoms with Crippen LogP contribution in [0, 0.1) is 11.7 Å². The first-order valence-corrected chi connectivity index (χ1v) is 6.76. The van der Waals surface area contributed by atoms with Crippen LogP contribution in [0.1, 0.15) is 30.1 Å². The number of hydrogen-bond donors (Lipinski definition) is 1. The van der Waals surface area contributed by atoms with Crippen molar-refractivity contribution in [1.82, 2.24) is 4.90 Å². The summed E-state index contributed by atoms with van der Waals surface area (Å²) in [7, 11) is 0. The van der Waals surface area contributed by atoms with Crippen LogP contribution in [-0.2, 0) is 4.79 Å². The molecule has 2 rings (SSSR count). The van der Waals surface area contributed by atoms with E-state index in [9.17, 15) is 14.0 Å². The number of carboxylic acid groups (broad SMARTS) is 1.